The fraction of sp³-hybridized carbons (Fsp3) is 0.100. The Morgan fingerprint density at radius 3 is 1.71 bits per heavy atom. The van der Waals surface area contributed by atoms with Crippen LogP contribution in [0.2, 0.25) is 0 Å². The van der Waals surface area contributed by atoms with Gasteiger partial charge >= 0.3 is 0 Å². The Balaban J connectivity index is 1.89. The fourth-order valence-corrected chi connectivity index (χ4v) is 4.62. The number of rotatable bonds is 7. The summed E-state index contributed by atoms with van der Waals surface area (Å²) in [5.74, 6) is -0.196. The van der Waals surface area contributed by atoms with E-state index in [0.717, 1.165) is 17.2 Å². The van der Waals surface area contributed by atoms with Gasteiger partial charge in [0.25, 0.3) is 0 Å². The zero-order chi connectivity index (χ0) is 20.2. The van der Waals surface area contributed by atoms with Crippen LogP contribution in [-0.4, -0.2) is 23.4 Å². The van der Waals surface area contributed by atoms with E-state index >= 15 is 0 Å². The molecule has 0 aromatic heterocycles. The summed E-state index contributed by atoms with van der Waals surface area (Å²) in [6.07, 6.45) is 0. The average molecular weight is 417 g/mol. The molecule has 0 unspecified atom stereocenters. The summed E-state index contributed by atoms with van der Waals surface area (Å²) >= 11 is 0. The molecule has 0 aliphatic rings. The summed E-state index contributed by atoms with van der Waals surface area (Å²) in [4.78, 5) is -0.406. The van der Waals surface area contributed by atoms with Crippen molar-refractivity contribution >= 4 is 20.0 Å². The molecule has 0 amide bonds. The van der Waals surface area contributed by atoms with Crippen molar-refractivity contribution in [2.75, 3.05) is 6.54 Å². The standard InChI is InChI=1S/C20H20N2O4S2/c21-27(23,24)18-12-7-13-19(14-18)28(25,26)22-15-20(16-8-3-1-4-9-16)17-10-5-2-6-11-17/h1-14,20,22H,15H2,(H2,21,23,24). The summed E-state index contributed by atoms with van der Waals surface area (Å²) in [5, 5.41) is 5.10. The molecule has 0 saturated carbocycles. The highest BCUT2D eigenvalue weighted by Gasteiger charge is 2.21. The first-order chi connectivity index (χ1) is 13.3. The molecule has 3 N–H and O–H groups in total. The quantitative estimate of drug-likeness (QED) is 0.617. The van der Waals surface area contributed by atoms with E-state index in [0.29, 0.717) is 0 Å². The van der Waals surface area contributed by atoms with E-state index in [1.807, 2.05) is 60.7 Å². The van der Waals surface area contributed by atoms with E-state index in [-0.39, 0.29) is 22.3 Å². The number of hydrogen-bond acceptors (Lipinski definition) is 4. The molecule has 6 nitrogen and oxygen atoms in total. The lowest BCUT2D eigenvalue weighted by Crippen LogP contribution is -2.29. The summed E-state index contributed by atoms with van der Waals surface area (Å²) in [6.45, 7) is 0.121. The zero-order valence-corrected chi connectivity index (χ0v) is 16.5. The van der Waals surface area contributed by atoms with E-state index in [2.05, 4.69) is 4.72 Å². The molecule has 146 valence electrons. The second-order valence-electron chi connectivity index (χ2n) is 6.25. The highest BCUT2D eigenvalue weighted by atomic mass is 32.2. The molecule has 0 heterocycles. The fourth-order valence-electron chi connectivity index (χ4n) is 2.89. The Morgan fingerprint density at radius 1 is 0.714 bits per heavy atom. The molecule has 28 heavy (non-hydrogen) atoms. The topological polar surface area (TPSA) is 106 Å². The monoisotopic (exact) mass is 416 g/mol. The van der Waals surface area contributed by atoms with Crippen molar-refractivity contribution in [3.8, 4) is 0 Å². The van der Waals surface area contributed by atoms with Gasteiger partial charge < -0.3 is 0 Å². The lowest BCUT2D eigenvalue weighted by Gasteiger charge is -2.19. The molecular formula is C20H20N2O4S2. The molecule has 3 rings (SSSR count). The van der Waals surface area contributed by atoms with Gasteiger partial charge in [0.15, 0.2) is 0 Å². The molecular weight excluding hydrogens is 396 g/mol. The molecule has 0 bridgehead atoms. The number of hydrogen-bond donors (Lipinski definition) is 2. The molecule has 3 aromatic carbocycles. The third kappa shape index (κ3) is 4.85. The molecule has 0 aliphatic carbocycles. The van der Waals surface area contributed by atoms with Crippen molar-refractivity contribution < 1.29 is 16.8 Å². The van der Waals surface area contributed by atoms with Gasteiger partial charge in [-0.3, -0.25) is 0 Å². The van der Waals surface area contributed by atoms with Crippen molar-refractivity contribution in [1.29, 1.82) is 0 Å². The maximum atomic E-state index is 12.7. The van der Waals surface area contributed by atoms with E-state index in [9.17, 15) is 16.8 Å². The minimum atomic E-state index is -4.00. The lowest BCUT2D eigenvalue weighted by atomic mass is 9.92. The molecule has 0 fully saturated rings. The van der Waals surface area contributed by atoms with Crippen LogP contribution in [-0.2, 0) is 20.0 Å². The maximum Gasteiger partial charge on any atom is 0.240 e. The normalized spacial score (nSPS) is 12.2. The predicted octanol–water partition coefficient (Wildman–Crippen LogP) is 2.44. The van der Waals surface area contributed by atoms with Crippen LogP contribution in [0.1, 0.15) is 17.0 Å². The average Bonchev–Trinajstić information content (AvgIpc) is 2.69. The number of benzene rings is 3. The predicted molar refractivity (Wildman–Crippen MR) is 108 cm³/mol. The molecule has 0 atom stereocenters. The number of sulfonamides is 2. The van der Waals surface area contributed by atoms with Crippen molar-refractivity contribution in [2.45, 2.75) is 15.7 Å². The zero-order valence-electron chi connectivity index (χ0n) is 14.9. The van der Waals surface area contributed by atoms with E-state index in [1.165, 1.54) is 18.2 Å². The van der Waals surface area contributed by atoms with Gasteiger partial charge in [0, 0.05) is 12.5 Å². The smallest absolute Gasteiger partial charge is 0.225 e. The van der Waals surface area contributed by atoms with E-state index in [4.69, 9.17) is 5.14 Å². The van der Waals surface area contributed by atoms with Crippen LogP contribution in [0.25, 0.3) is 0 Å². The van der Waals surface area contributed by atoms with Crippen LogP contribution in [0, 0.1) is 0 Å². The van der Waals surface area contributed by atoms with Crippen molar-refractivity contribution in [3.05, 3.63) is 96.1 Å². The van der Waals surface area contributed by atoms with Gasteiger partial charge in [0.2, 0.25) is 20.0 Å². The van der Waals surface area contributed by atoms with E-state index < -0.39 is 20.0 Å². The Labute approximate surface area is 165 Å². The van der Waals surface area contributed by atoms with Crippen molar-refractivity contribution in [1.82, 2.24) is 4.72 Å². The minimum Gasteiger partial charge on any atom is -0.225 e. The first-order valence-electron chi connectivity index (χ1n) is 8.50. The summed E-state index contributed by atoms with van der Waals surface area (Å²) in [7, 11) is -7.92. The second-order valence-corrected chi connectivity index (χ2v) is 9.57. The Kier molecular flexibility index (Phi) is 5.95. The van der Waals surface area contributed by atoms with Crippen LogP contribution in [0.4, 0.5) is 0 Å². The van der Waals surface area contributed by atoms with E-state index in [1.54, 1.807) is 0 Å². The maximum absolute atomic E-state index is 12.7. The summed E-state index contributed by atoms with van der Waals surface area (Å²) in [6, 6.07) is 24.1. The van der Waals surface area contributed by atoms with Crippen LogP contribution in [0.5, 0.6) is 0 Å². The SMILES string of the molecule is NS(=O)(=O)c1cccc(S(=O)(=O)NCC(c2ccccc2)c2ccccc2)c1. The Morgan fingerprint density at radius 2 is 1.21 bits per heavy atom. The van der Waals surface area contributed by atoms with Crippen LogP contribution < -0.4 is 9.86 Å². The molecule has 3 aromatic rings. The molecule has 8 heteroatoms. The highest BCUT2D eigenvalue weighted by molar-refractivity contribution is 7.90. The largest absolute Gasteiger partial charge is 0.240 e. The summed E-state index contributed by atoms with van der Waals surface area (Å²) in [5.41, 5.74) is 1.93. The summed E-state index contributed by atoms with van der Waals surface area (Å²) < 4.78 is 51.1. The van der Waals surface area contributed by atoms with Gasteiger partial charge in [-0.05, 0) is 29.3 Å². The first-order valence-corrected chi connectivity index (χ1v) is 11.5. The van der Waals surface area contributed by atoms with Crippen LogP contribution >= 0.6 is 0 Å². The highest BCUT2D eigenvalue weighted by Crippen LogP contribution is 2.24. The van der Waals surface area contributed by atoms with Crippen LogP contribution in [0.15, 0.2) is 94.7 Å². The third-order valence-electron chi connectivity index (χ3n) is 4.33. The van der Waals surface area contributed by atoms with Crippen molar-refractivity contribution in [3.63, 3.8) is 0 Å². The number of nitrogens with one attached hydrogen (secondary N) is 1. The van der Waals surface area contributed by atoms with Gasteiger partial charge in [-0.2, -0.15) is 0 Å². The number of primary sulfonamides is 1. The van der Waals surface area contributed by atoms with Gasteiger partial charge in [-0.25, -0.2) is 26.7 Å². The second kappa shape index (κ2) is 8.24. The number of nitrogens with two attached hydrogens (primary N) is 1. The van der Waals surface area contributed by atoms with Crippen molar-refractivity contribution in [2.24, 2.45) is 5.14 Å². The molecule has 0 radical (unpaired) electrons. The van der Waals surface area contributed by atoms with Gasteiger partial charge in [0.05, 0.1) is 9.79 Å². The first kappa shape index (κ1) is 20.2. The molecule has 0 spiro atoms. The van der Waals surface area contributed by atoms with Gasteiger partial charge in [0.1, 0.15) is 0 Å². The Hall–Kier alpha value is -2.52. The third-order valence-corrected chi connectivity index (χ3v) is 6.66. The van der Waals surface area contributed by atoms with Gasteiger partial charge in [-0.15, -0.1) is 0 Å². The molecule has 0 saturated heterocycles. The lowest BCUT2D eigenvalue weighted by molar-refractivity contribution is 0.577. The van der Waals surface area contributed by atoms with Gasteiger partial charge in [-0.1, -0.05) is 66.7 Å². The minimum absolute atomic E-state index is 0.121. The molecule has 0 aliphatic heterocycles. The Bertz CT molecular complexity index is 1110. The van der Waals surface area contributed by atoms with Crippen LogP contribution in [0.3, 0.4) is 0 Å².